The predicted octanol–water partition coefficient (Wildman–Crippen LogP) is -0.156. The second-order valence-corrected chi connectivity index (χ2v) is 6.45. The van der Waals surface area contributed by atoms with Crippen LogP contribution >= 0.6 is 0 Å². The molecule has 1 aromatic heterocycles. The number of aromatic nitrogens is 3. The van der Waals surface area contributed by atoms with Crippen LogP contribution in [0.5, 0.6) is 0 Å². The number of ether oxygens (including phenoxy) is 2. The van der Waals surface area contributed by atoms with E-state index in [9.17, 15) is 8.42 Å². The van der Waals surface area contributed by atoms with Crippen molar-refractivity contribution in [1.82, 2.24) is 14.8 Å². The molecule has 0 radical (unpaired) electrons. The Kier molecular flexibility index (Phi) is 5.02. The highest BCUT2D eigenvalue weighted by molar-refractivity contribution is 7.89. The van der Waals surface area contributed by atoms with Crippen LogP contribution in [0.4, 0.5) is 0 Å². The van der Waals surface area contributed by atoms with Gasteiger partial charge in [0, 0.05) is 12.6 Å². The summed E-state index contributed by atoms with van der Waals surface area (Å²) in [4.78, 5) is 0. The Bertz CT molecular complexity index is 518. The number of hydrogen-bond acceptors (Lipinski definition) is 6. The van der Waals surface area contributed by atoms with E-state index < -0.39 is 15.6 Å². The minimum absolute atomic E-state index is 0.142. The normalized spacial score (nSPS) is 12.9. The van der Waals surface area contributed by atoms with Crippen LogP contribution in [0.25, 0.3) is 0 Å². The summed E-state index contributed by atoms with van der Waals surface area (Å²) in [6.07, 6.45) is 0. The summed E-state index contributed by atoms with van der Waals surface area (Å²) in [5, 5.41) is 12.3. The molecule has 0 saturated heterocycles. The van der Waals surface area contributed by atoms with Crippen LogP contribution in [-0.2, 0) is 31.6 Å². The SMILES string of the molecule is COCCOCc1nnc(S(N)(=O)=O)n1C(C)(C)C. The van der Waals surface area contributed by atoms with E-state index in [1.807, 2.05) is 20.8 Å². The summed E-state index contributed by atoms with van der Waals surface area (Å²) >= 11 is 0. The monoisotopic (exact) mass is 292 g/mol. The number of primary sulfonamides is 1. The van der Waals surface area contributed by atoms with Gasteiger partial charge < -0.3 is 9.47 Å². The third-order valence-electron chi connectivity index (χ3n) is 2.29. The maximum Gasteiger partial charge on any atom is 0.273 e. The molecule has 0 aliphatic rings. The van der Waals surface area contributed by atoms with Gasteiger partial charge in [-0.2, -0.15) is 0 Å². The Morgan fingerprint density at radius 2 is 1.89 bits per heavy atom. The fourth-order valence-electron chi connectivity index (χ4n) is 1.56. The second-order valence-electron chi connectivity index (χ2n) is 5.00. The lowest BCUT2D eigenvalue weighted by Gasteiger charge is -2.24. The van der Waals surface area contributed by atoms with Gasteiger partial charge in [0.2, 0.25) is 0 Å². The Morgan fingerprint density at radius 3 is 2.37 bits per heavy atom. The van der Waals surface area contributed by atoms with Crippen LogP contribution in [0.1, 0.15) is 26.6 Å². The maximum atomic E-state index is 11.5. The van der Waals surface area contributed by atoms with Crippen molar-refractivity contribution in [3.63, 3.8) is 0 Å². The van der Waals surface area contributed by atoms with E-state index in [4.69, 9.17) is 14.6 Å². The number of hydrogen-bond donors (Lipinski definition) is 1. The van der Waals surface area contributed by atoms with Gasteiger partial charge in [0.1, 0.15) is 6.61 Å². The first-order valence-electron chi connectivity index (χ1n) is 5.72. The Hall–Kier alpha value is -1.03. The highest BCUT2D eigenvalue weighted by Gasteiger charge is 2.28. The van der Waals surface area contributed by atoms with Gasteiger partial charge in [0.05, 0.1) is 13.2 Å². The van der Waals surface area contributed by atoms with Crippen molar-refractivity contribution < 1.29 is 17.9 Å². The third kappa shape index (κ3) is 4.23. The zero-order valence-corrected chi connectivity index (χ0v) is 12.4. The standard InChI is InChI=1S/C10H20N4O4S/c1-10(2,3)14-8(7-18-6-5-17-4)12-13-9(14)19(11,15)16/h5-7H2,1-4H3,(H2,11,15,16). The van der Waals surface area contributed by atoms with E-state index >= 15 is 0 Å². The molecule has 0 aromatic carbocycles. The quantitative estimate of drug-likeness (QED) is 0.730. The molecule has 9 heteroatoms. The molecule has 0 bridgehead atoms. The molecule has 8 nitrogen and oxygen atoms in total. The van der Waals surface area contributed by atoms with Crippen LogP contribution in [0.3, 0.4) is 0 Å². The van der Waals surface area contributed by atoms with Gasteiger partial charge in [0.25, 0.3) is 15.2 Å². The molecule has 1 rings (SSSR count). The zero-order chi connectivity index (χ0) is 14.7. The highest BCUT2D eigenvalue weighted by atomic mass is 32.2. The molecule has 0 amide bonds. The molecule has 0 spiro atoms. The minimum atomic E-state index is -3.92. The highest BCUT2D eigenvalue weighted by Crippen LogP contribution is 2.21. The van der Waals surface area contributed by atoms with E-state index in [1.165, 1.54) is 4.57 Å². The number of nitrogens with zero attached hydrogens (tertiary/aromatic N) is 3. The van der Waals surface area contributed by atoms with Gasteiger partial charge in [-0.25, -0.2) is 13.6 Å². The van der Waals surface area contributed by atoms with Crippen molar-refractivity contribution in [3.05, 3.63) is 5.82 Å². The maximum absolute atomic E-state index is 11.5. The van der Waals surface area contributed by atoms with Gasteiger partial charge in [-0.05, 0) is 20.8 Å². The molecule has 0 unspecified atom stereocenters. The topological polar surface area (TPSA) is 109 Å². The minimum Gasteiger partial charge on any atom is -0.382 e. The molecule has 1 aromatic rings. The lowest BCUT2D eigenvalue weighted by molar-refractivity contribution is 0.0553. The van der Waals surface area contributed by atoms with E-state index in [0.29, 0.717) is 19.0 Å². The van der Waals surface area contributed by atoms with Crippen LogP contribution in [0, 0.1) is 0 Å². The van der Waals surface area contributed by atoms with E-state index in [1.54, 1.807) is 7.11 Å². The van der Waals surface area contributed by atoms with E-state index in [2.05, 4.69) is 10.2 Å². The number of rotatable bonds is 6. The molecule has 0 saturated carbocycles. The van der Waals surface area contributed by atoms with Crippen LogP contribution in [0.15, 0.2) is 5.16 Å². The average molecular weight is 292 g/mol. The Labute approximate surface area is 113 Å². The molecule has 0 fully saturated rings. The van der Waals surface area contributed by atoms with Crippen LogP contribution in [0.2, 0.25) is 0 Å². The lowest BCUT2D eigenvalue weighted by atomic mass is 10.1. The fourth-order valence-corrected chi connectivity index (χ4v) is 2.35. The zero-order valence-electron chi connectivity index (χ0n) is 11.6. The summed E-state index contributed by atoms with van der Waals surface area (Å²) in [5.74, 6) is 0.410. The number of nitrogens with two attached hydrogens (primary N) is 1. The van der Waals surface area contributed by atoms with Crippen molar-refractivity contribution in [2.45, 2.75) is 38.1 Å². The molecule has 0 aliphatic heterocycles. The second kappa shape index (κ2) is 5.95. The fraction of sp³-hybridized carbons (Fsp3) is 0.800. The number of methoxy groups -OCH3 is 1. The molecule has 1 heterocycles. The third-order valence-corrected chi connectivity index (χ3v) is 3.06. The smallest absolute Gasteiger partial charge is 0.273 e. The summed E-state index contributed by atoms with van der Waals surface area (Å²) in [6, 6.07) is 0. The largest absolute Gasteiger partial charge is 0.382 e. The van der Waals surface area contributed by atoms with Crippen LogP contribution in [-0.4, -0.2) is 43.5 Å². The summed E-state index contributed by atoms with van der Waals surface area (Å²) in [6.45, 7) is 6.49. The molecular formula is C10H20N4O4S. The molecule has 19 heavy (non-hydrogen) atoms. The van der Waals surface area contributed by atoms with Crippen molar-refractivity contribution in [2.24, 2.45) is 5.14 Å². The summed E-state index contributed by atoms with van der Waals surface area (Å²) in [7, 11) is -2.35. The van der Waals surface area contributed by atoms with Crippen molar-refractivity contribution >= 4 is 10.0 Å². The van der Waals surface area contributed by atoms with Crippen molar-refractivity contribution in [3.8, 4) is 0 Å². The molecule has 0 aliphatic carbocycles. The average Bonchev–Trinajstić information content (AvgIpc) is 2.67. The summed E-state index contributed by atoms with van der Waals surface area (Å²) in [5.41, 5.74) is -0.523. The molecular weight excluding hydrogens is 272 g/mol. The lowest BCUT2D eigenvalue weighted by Crippen LogP contribution is -2.30. The van der Waals surface area contributed by atoms with Gasteiger partial charge >= 0.3 is 0 Å². The van der Waals surface area contributed by atoms with E-state index in [-0.39, 0.29) is 11.8 Å². The van der Waals surface area contributed by atoms with Gasteiger partial charge in [0.15, 0.2) is 5.82 Å². The van der Waals surface area contributed by atoms with Gasteiger partial charge in [-0.1, -0.05) is 0 Å². The molecule has 0 atom stereocenters. The summed E-state index contributed by atoms with van der Waals surface area (Å²) < 4.78 is 34.6. The first kappa shape index (κ1) is 16.0. The Morgan fingerprint density at radius 1 is 1.26 bits per heavy atom. The van der Waals surface area contributed by atoms with Gasteiger partial charge in [-0.15, -0.1) is 10.2 Å². The first-order valence-corrected chi connectivity index (χ1v) is 7.27. The van der Waals surface area contributed by atoms with Crippen molar-refractivity contribution in [2.75, 3.05) is 20.3 Å². The van der Waals surface area contributed by atoms with Crippen LogP contribution < -0.4 is 5.14 Å². The molecule has 110 valence electrons. The number of sulfonamides is 1. The molecule has 2 N–H and O–H groups in total. The van der Waals surface area contributed by atoms with Crippen molar-refractivity contribution in [1.29, 1.82) is 0 Å². The van der Waals surface area contributed by atoms with E-state index in [0.717, 1.165) is 0 Å². The van der Waals surface area contributed by atoms with Gasteiger partial charge in [-0.3, -0.25) is 4.57 Å². The predicted molar refractivity (Wildman–Crippen MR) is 67.9 cm³/mol. The first-order chi connectivity index (χ1) is 8.68. The Balaban J connectivity index is 3.03.